The van der Waals surface area contributed by atoms with Gasteiger partial charge in [-0.15, -0.1) is 11.3 Å². The Morgan fingerprint density at radius 2 is 1.35 bits per heavy atom. The number of aromatic nitrogens is 1. The quantitative estimate of drug-likeness (QED) is 0.184. The van der Waals surface area contributed by atoms with Crippen LogP contribution in [0.15, 0.2) is 121 Å². The van der Waals surface area contributed by atoms with Crippen LogP contribution in [-0.2, 0) is 5.41 Å². The molecule has 0 saturated carbocycles. The van der Waals surface area contributed by atoms with E-state index < -0.39 is 0 Å². The van der Waals surface area contributed by atoms with E-state index >= 15 is 0 Å². The van der Waals surface area contributed by atoms with Crippen LogP contribution in [0.3, 0.4) is 0 Å². The molecular formula is C40H26N2S. The zero-order valence-corrected chi connectivity index (χ0v) is 24.7. The molecule has 0 radical (unpaired) electrons. The van der Waals surface area contributed by atoms with E-state index in [0.717, 1.165) is 16.8 Å². The number of thiophene rings is 1. The molecule has 2 aromatic heterocycles. The van der Waals surface area contributed by atoms with Gasteiger partial charge in [0.05, 0.1) is 23.3 Å². The summed E-state index contributed by atoms with van der Waals surface area (Å²) >= 11 is 1.90. The zero-order chi connectivity index (χ0) is 28.9. The molecule has 2 heterocycles. The van der Waals surface area contributed by atoms with Crippen molar-refractivity contribution in [2.24, 2.45) is 0 Å². The van der Waals surface area contributed by atoms with Crippen molar-refractivity contribution < 1.29 is 0 Å². The molecule has 202 valence electrons. The van der Waals surface area contributed by atoms with Crippen LogP contribution in [-0.4, -0.2) is 4.57 Å². The summed E-state index contributed by atoms with van der Waals surface area (Å²) in [5.74, 6) is 0. The summed E-state index contributed by atoms with van der Waals surface area (Å²) in [6.45, 7) is 12.5. The highest BCUT2D eigenvalue weighted by molar-refractivity contribution is 7.26. The molecule has 3 heteroatoms. The first-order valence-electron chi connectivity index (χ1n) is 14.6. The first-order chi connectivity index (χ1) is 21.0. The van der Waals surface area contributed by atoms with E-state index in [4.69, 9.17) is 6.57 Å². The molecule has 0 unspecified atom stereocenters. The smallest absolute Gasteiger partial charge is 0.188 e. The second-order valence-electron chi connectivity index (χ2n) is 12.0. The summed E-state index contributed by atoms with van der Waals surface area (Å²) in [4.78, 5) is 3.82. The number of benzene rings is 6. The normalized spacial score (nSPS) is 13.5. The van der Waals surface area contributed by atoms with Gasteiger partial charge in [0.15, 0.2) is 5.69 Å². The molecule has 9 rings (SSSR count). The van der Waals surface area contributed by atoms with Crippen molar-refractivity contribution in [3.63, 3.8) is 0 Å². The van der Waals surface area contributed by atoms with E-state index in [2.05, 4.69) is 139 Å². The fourth-order valence-electron chi connectivity index (χ4n) is 7.45. The molecule has 0 bridgehead atoms. The van der Waals surface area contributed by atoms with Crippen LogP contribution >= 0.6 is 11.3 Å². The molecule has 6 aromatic carbocycles. The fraction of sp³-hybridized carbons (Fsp3) is 0.0750. The lowest BCUT2D eigenvalue weighted by Crippen LogP contribution is -2.14. The van der Waals surface area contributed by atoms with Crippen molar-refractivity contribution in [3.05, 3.63) is 144 Å². The van der Waals surface area contributed by atoms with Crippen LogP contribution in [0, 0.1) is 6.57 Å². The van der Waals surface area contributed by atoms with Crippen LogP contribution in [0.4, 0.5) is 5.69 Å². The van der Waals surface area contributed by atoms with Gasteiger partial charge in [-0.3, -0.25) is 0 Å². The first-order valence-corrected chi connectivity index (χ1v) is 15.5. The lowest BCUT2D eigenvalue weighted by molar-refractivity contribution is 0.667. The molecular weight excluding hydrogens is 541 g/mol. The lowest BCUT2D eigenvalue weighted by Gasteiger charge is -2.22. The SMILES string of the molecule is [C-]#[N+]c1ccc(-n2c3ccccc3c3ccccc32)c(-c2ccc3sc4c5c(ccc4c3c2)-c2ccccc2C5(C)C)c1. The van der Waals surface area contributed by atoms with Gasteiger partial charge in [-0.1, -0.05) is 98.8 Å². The molecule has 0 spiro atoms. The summed E-state index contributed by atoms with van der Waals surface area (Å²) in [6.07, 6.45) is 0. The molecule has 0 N–H and O–H groups in total. The third-order valence-corrected chi connectivity index (χ3v) is 10.6. The Balaban J connectivity index is 1.31. The minimum atomic E-state index is -0.0528. The number of hydrogen-bond donors (Lipinski definition) is 0. The Kier molecular flexibility index (Phi) is 4.93. The second-order valence-corrected chi connectivity index (χ2v) is 13.1. The average molecular weight is 567 g/mol. The summed E-state index contributed by atoms with van der Waals surface area (Å²) < 4.78 is 5.03. The van der Waals surface area contributed by atoms with Crippen LogP contribution in [0.1, 0.15) is 25.0 Å². The Hall–Kier alpha value is -5.17. The molecule has 2 nitrogen and oxygen atoms in total. The van der Waals surface area contributed by atoms with E-state index in [0.29, 0.717) is 5.69 Å². The molecule has 0 fully saturated rings. The van der Waals surface area contributed by atoms with Crippen molar-refractivity contribution >= 4 is 59.0 Å². The van der Waals surface area contributed by atoms with Gasteiger partial charge in [-0.25, -0.2) is 4.85 Å². The predicted octanol–water partition coefficient (Wildman–Crippen LogP) is 11.7. The van der Waals surface area contributed by atoms with Gasteiger partial charge in [0.2, 0.25) is 0 Å². The van der Waals surface area contributed by atoms with Crippen LogP contribution in [0.5, 0.6) is 0 Å². The number of fused-ring (bicyclic) bond motifs is 10. The topological polar surface area (TPSA) is 9.29 Å². The van der Waals surface area contributed by atoms with Gasteiger partial charge in [-0.2, -0.15) is 0 Å². The maximum atomic E-state index is 7.81. The zero-order valence-electron chi connectivity index (χ0n) is 23.8. The van der Waals surface area contributed by atoms with Crippen molar-refractivity contribution in [3.8, 4) is 27.9 Å². The summed E-state index contributed by atoms with van der Waals surface area (Å²) in [5.41, 5.74) is 11.8. The maximum Gasteiger partial charge on any atom is 0.188 e. The standard InChI is InChI=1S/C40H26N2S/c1-40(2)33-13-7-4-10-26(33)29-18-19-30-32-22-24(16-21-37(32)43-39(30)38(29)40)31-23-25(41-3)17-20-36(31)42-34-14-8-5-11-27(34)28-12-6-9-15-35(28)42/h4-23H,1-2H3. The number of para-hydroxylation sites is 2. The third-order valence-electron chi connectivity index (χ3n) is 9.40. The average Bonchev–Trinajstić information content (AvgIpc) is 3.66. The maximum absolute atomic E-state index is 7.81. The van der Waals surface area contributed by atoms with Crippen LogP contribution < -0.4 is 0 Å². The van der Waals surface area contributed by atoms with Crippen molar-refractivity contribution in [1.29, 1.82) is 0 Å². The van der Waals surface area contributed by atoms with Gasteiger partial charge < -0.3 is 4.57 Å². The molecule has 0 saturated heterocycles. The van der Waals surface area contributed by atoms with Crippen molar-refractivity contribution in [2.45, 2.75) is 19.3 Å². The van der Waals surface area contributed by atoms with Crippen LogP contribution in [0.25, 0.3) is 74.8 Å². The van der Waals surface area contributed by atoms with Crippen molar-refractivity contribution in [2.75, 3.05) is 0 Å². The molecule has 0 aliphatic heterocycles. The van der Waals surface area contributed by atoms with Gasteiger partial charge in [0.25, 0.3) is 0 Å². The molecule has 8 aromatic rings. The summed E-state index contributed by atoms with van der Waals surface area (Å²) in [5, 5.41) is 5.04. The highest BCUT2D eigenvalue weighted by Gasteiger charge is 2.37. The number of hydrogen-bond acceptors (Lipinski definition) is 1. The molecule has 1 aliphatic rings. The van der Waals surface area contributed by atoms with E-state index in [1.54, 1.807) is 0 Å². The monoisotopic (exact) mass is 566 g/mol. The van der Waals surface area contributed by atoms with Gasteiger partial charge in [-0.05, 0) is 69.8 Å². The lowest BCUT2D eigenvalue weighted by atomic mass is 9.82. The third kappa shape index (κ3) is 3.27. The molecule has 1 aliphatic carbocycles. The summed E-state index contributed by atoms with van der Waals surface area (Å²) in [6, 6.07) is 43.7. The largest absolute Gasteiger partial charge is 0.309 e. The fourth-order valence-corrected chi connectivity index (χ4v) is 8.84. The second kappa shape index (κ2) is 8.67. The Morgan fingerprint density at radius 3 is 2.12 bits per heavy atom. The van der Waals surface area contributed by atoms with Crippen molar-refractivity contribution in [1.82, 2.24) is 4.57 Å². The van der Waals surface area contributed by atoms with Gasteiger partial charge in [0, 0.05) is 36.4 Å². The Morgan fingerprint density at radius 1 is 0.628 bits per heavy atom. The molecule has 0 amide bonds. The Labute approximate surface area is 253 Å². The number of rotatable bonds is 2. The van der Waals surface area contributed by atoms with Gasteiger partial charge in [0.1, 0.15) is 0 Å². The summed E-state index contributed by atoms with van der Waals surface area (Å²) in [7, 11) is 0. The minimum Gasteiger partial charge on any atom is -0.309 e. The van der Waals surface area contributed by atoms with E-state index in [1.165, 1.54) is 64.2 Å². The highest BCUT2D eigenvalue weighted by Crippen LogP contribution is 2.54. The first kappa shape index (κ1) is 24.4. The van der Waals surface area contributed by atoms with Crippen LogP contribution in [0.2, 0.25) is 0 Å². The Bertz CT molecular complexity index is 2450. The van der Waals surface area contributed by atoms with E-state index in [9.17, 15) is 0 Å². The molecule has 0 atom stereocenters. The number of nitrogens with zero attached hydrogens (tertiary/aromatic N) is 2. The van der Waals surface area contributed by atoms with Gasteiger partial charge >= 0.3 is 0 Å². The van der Waals surface area contributed by atoms with E-state index in [1.807, 2.05) is 17.4 Å². The molecule has 43 heavy (non-hydrogen) atoms. The highest BCUT2D eigenvalue weighted by atomic mass is 32.1. The predicted molar refractivity (Wildman–Crippen MR) is 183 cm³/mol. The van der Waals surface area contributed by atoms with E-state index in [-0.39, 0.29) is 5.41 Å². The minimum absolute atomic E-state index is 0.0528.